The highest BCUT2D eigenvalue weighted by atomic mass is 79.9. The number of ether oxygens (including phenoxy) is 1. The molecule has 21 heavy (non-hydrogen) atoms. The standard InChI is InChI=1S/C16H13BrClFO2/c1-2-7-21-15-6-3-10(8-13(15)17)16(20)12-5-4-11(18)9-14(12)19/h3-6,8-9H,2,7H2,1H3. The van der Waals surface area contributed by atoms with E-state index in [4.69, 9.17) is 16.3 Å². The Morgan fingerprint density at radius 2 is 2.05 bits per heavy atom. The van der Waals surface area contributed by atoms with Crippen LogP contribution >= 0.6 is 27.5 Å². The van der Waals surface area contributed by atoms with Crippen molar-refractivity contribution in [2.75, 3.05) is 6.61 Å². The summed E-state index contributed by atoms with van der Waals surface area (Å²) in [6.07, 6.45) is 0.892. The summed E-state index contributed by atoms with van der Waals surface area (Å²) in [5.74, 6) is -0.369. The van der Waals surface area contributed by atoms with E-state index in [0.717, 1.165) is 12.5 Å². The molecule has 0 fully saturated rings. The second-order valence-electron chi connectivity index (χ2n) is 4.45. The van der Waals surface area contributed by atoms with E-state index in [1.54, 1.807) is 18.2 Å². The van der Waals surface area contributed by atoms with Crippen molar-refractivity contribution in [3.63, 3.8) is 0 Å². The van der Waals surface area contributed by atoms with Gasteiger partial charge in [0.05, 0.1) is 16.6 Å². The van der Waals surface area contributed by atoms with Crippen molar-refractivity contribution in [2.24, 2.45) is 0 Å². The van der Waals surface area contributed by atoms with Gasteiger partial charge < -0.3 is 4.74 Å². The number of hydrogen-bond acceptors (Lipinski definition) is 2. The van der Waals surface area contributed by atoms with Gasteiger partial charge in [-0.05, 0) is 58.7 Å². The zero-order chi connectivity index (χ0) is 15.4. The Bertz CT molecular complexity index is 673. The lowest BCUT2D eigenvalue weighted by atomic mass is 10.0. The fourth-order valence-corrected chi connectivity index (χ4v) is 2.45. The molecule has 2 nitrogen and oxygen atoms in total. The number of ketones is 1. The molecule has 0 unspecified atom stereocenters. The van der Waals surface area contributed by atoms with Crippen LogP contribution in [0, 0.1) is 5.82 Å². The minimum atomic E-state index is -0.630. The number of benzene rings is 2. The van der Waals surface area contributed by atoms with Crippen LogP contribution in [-0.2, 0) is 0 Å². The zero-order valence-corrected chi connectivity index (χ0v) is 13.7. The van der Waals surface area contributed by atoms with E-state index < -0.39 is 11.6 Å². The maximum atomic E-state index is 13.8. The van der Waals surface area contributed by atoms with E-state index in [1.165, 1.54) is 12.1 Å². The first-order valence-corrected chi connectivity index (χ1v) is 7.62. The molecule has 0 heterocycles. The maximum absolute atomic E-state index is 13.8. The largest absolute Gasteiger partial charge is 0.492 e. The highest BCUT2D eigenvalue weighted by Crippen LogP contribution is 2.28. The molecule has 0 bridgehead atoms. The van der Waals surface area contributed by atoms with E-state index in [9.17, 15) is 9.18 Å². The van der Waals surface area contributed by atoms with Crippen molar-refractivity contribution in [2.45, 2.75) is 13.3 Å². The first-order chi connectivity index (χ1) is 10.0. The fourth-order valence-electron chi connectivity index (χ4n) is 1.80. The van der Waals surface area contributed by atoms with Crippen LogP contribution in [0.25, 0.3) is 0 Å². The number of carbonyl (C=O) groups is 1. The number of hydrogen-bond donors (Lipinski definition) is 0. The molecule has 0 amide bonds. The van der Waals surface area contributed by atoms with Crippen LogP contribution in [0.4, 0.5) is 4.39 Å². The molecule has 110 valence electrons. The molecular formula is C16H13BrClFO2. The van der Waals surface area contributed by atoms with Gasteiger partial charge >= 0.3 is 0 Å². The molecule has 0 saturated heterocycles. The van der Waals surface area contributed by atoms with Crippen molar-refractivity contribution in [3.05, 3.63) is 62.8 Å². The molecular weight excluding hydrogens is 359 g/mol. The molecule has 5 heteroatoms. The summed E-state index contributed by atoms with van der Waals surface area (Å²) < 4.78 is 20.0. The van der Waals surface area contributed by atoms with Crippen LogP contribution in [0.5, 0.6) is 5.75 Å². The van der Waals surface area contributed by atoms with E-state index in [-0.39, 0.29) is 10.6 Å². The molecule has 2 aromatic carbocycles. The fraction of sp³-hybridized carbons (Fsp3) is 0.188. The average molecular weight is 372 g/mol. The molecule has 0 aliphatic heterocycles. The van der Waals surface area contributed by atoms with Crippen LogP contribution in [0.2, 0.25) is 5.02 Å². The molecule has 0 radical (unpaired) electrons. The Morgan fingerprint density at radius 3 is 2.67 bits per heavy atom. The summed E-state index contributed by atoms with van der Waals surface area (Å²) in [4.78, 5) is 12.3. The van der Waals surface area contributed by atoms with E-state index in [0.29, 0.717) is 22.4 Å². The van der Waals surface area contributed by atoms with Gasteiger partial charge in [0.15, 0.2) is 5.78 Å². The smallest absolute Gasteiger partial charge is 0.196 e. The number of rotatable bonds is 5. The van der Waals surface area contributed by atoms with Gasteiger partial charge in [0.2, 0.25) is 0 Å². The van der Waals surface area contributed by atoms with Gasteiger partial charge in [0.1, 0.15) is 11.6 Å². The summed E-state index contributed by atoms with van der Waals surface area (Å²) in [6.45, 7) is 2.60. The van der Waals surface area contributed by atoms with Gasteiger partial charge in [-0.25, -0.2) is 4.39 Å². The minimum Gasteiger partial charge on any atom is -0.492 e. The van der Waals surface area contributed by atoms with Crippen LogP contribution in [0.15, 0.2) is 40.9 Å². The van der Waals surface area contributed by atoms with Gasteiger partial charge in [0.25, 0.3) is 0 Å². The van der Waals surface area contributed by atoms with E-state index in [2.05, 4.69) is 15.9 Å². The van der Waals surface area contributed by atoms with E-state index in [1.807, 2.05) is 6.92 Å². The molecule has 0 spiro atoms. The molecule has 0 aliphatic carbocycles. The predicted molar refractivity (Wildman–Crippen MR) is 84.8 cm³/mol. The number of halogens is 3. The van der Waals surface area contributed by atoms with Gasteiger partial charge in [-0.3, -0.25) is 4.79 Å². The Labute approximate surface area is 136 Å². The molecule has 2 rings (SSSR count). The lowest BCUT2D eigenvalue weighted by Gasteiger charge is -2.09. The van der Waals surface area contributed by atoms with Crippen LogP contribution in [-0.4, -0.2) is 12.4 Å². The second kappa shape index (κ2) is 7.05. The summed E-state index contributed by atoms with van der Waals surface area (Å²) in [7, 11) is 0. The first-order valence-electron chi connectivity index (χ1n) is 6.45. The Balaban J connectivity index is 2.29. The first kappa shape index (κ1) is 16.0. The Hall–Kier alpha value is -1.39. The monoisotopic (exact) mass is 370 g/mol. The van der Waals surface area contributed by atoms with Gasteiger partial charge in [0, 0.05) is 10.6 Å². The normalized spacial score (nSPS) is 10.5. The SMILES string of the molecule is CCCOc1ccc(C(=O)c2ccc(Cl)cc2F)cc1Br. The number of carbonyl (C=O) groups excluding carboxylic acids is 1. The van der Waals surface area contributed by atoms with Crippen molar-refractivity contribution < 1.29 is 13.9 Å². The predicted octanol–water partition coefficient (Wildman–Crippen LogP) is 5.26. The second-order valence-corrected chi connectivity index (χ2v) is 5.74. The molecule has 0 saturated carbocycles. The van der Waals surface area contributed by atoms with Gasteiger partial charge in [-0.15, -0.1) is 0 Å². The van der Waals surface area contributed by atoms with Crippen LogP contribution in [0.3, 0.4) is 0 Å². The molecule has 0 N–H and O–H groups in total. The van der Waals surface area contributed by atoms with Gasteiger partial charge in [-0.1, -0.05) is 18.5 Å². The Morgan fingerprint density at radius 1 is 1.29 bits per heavy atom. The third-order valence-electron chi connectivity index (χ3n) is 2.83. The van der Waals surface area contributed by atoms with Crippen LogP contribution < -0.4 is 4.74 Å². The highest BCUT2D eigenvalue weighted by molar-refractivity contribution is 9.10. The Kier molecular flexibility index (Phi) is 5.37. The topological polar surface area (TPSA) is 26.3 Å². The van der Waals surface area contributed by atoms with Crippen molar-refractivity contribution in [3.8, 4) is 5.75 Å². The van der Waals surface area contributed by atoms with Crippen molar-refractivity contribution in [1.82, 2.24) is 0 Å². The van der Waals surface area contributed by atoms with E-state index >= 15 is 0 Å². The molecule has 0 atom stereocenters. The lowest BCUT2D eigenvalue weighted by molar-refractivity contribution is 0.103. The molecule has 0 aliphatic rings. The van der Waals surface area contributed by atoms with Gasteiger partial charge in [-0.2, -0.15) is 0 Å². The molecule has 2 aromatic rings. The lowest BCUT2D eigenvalue weighted by Crippen LogP contribution is -2.05. The van der Waals surface area contributed by atoms with Crippen molar-refractivity contribution >= 4 is 33.3 Å². The zero-order valence-electron chi connectivity index (χ0n) is 11.3. The van der Waals surface area contributed by atoms with Crippen LogP contribution in [0.1, 0.15) is 29.3 Å². The third kappa shape index (κ3) is 3.83. The summed E-state index contributed by atoms with van der Waals surface area (Å²) in [6, 6.07) is 8.94. The maximum Gasteiger partial charge on any atom is 0.196 e. The third-order valence-corrected chi connectivity index (χ3v) is 3.69. The highest BCUT2D eigenvalue weighted by Gasteiger charge is 2.15. The quantitative estimate of drug-likeness (QED) is 0.670. The van der Waals surface area contributed by atoms with Crippen molar-refractivity contribution in [1.29, 1.82) is 0 Å². The summed E-state index contributed by atoms with van der Waals surface area (Å²) in [5.41, 5.74) is 0.375. The molecule has 0 aromatic heterocycles. The summed E-state index contributed by atoms with van der Waals surface area (Å²) in [5, 5.41) is 0.258. The summed E-state index contributed by atoms with van der Waals surface area (Å²) >= 11 is 9.04. The minimum absolute atomic E-state index is 0.00599. The average Bonchev–Trinajstić information content (AvgIpc) is 2.45.